The summed E-state index contributed by atoms with van der Waals surface area (Å²) in [5, 5.41) is 3.60. The van der Waals surface area contributed by atoms with Crippen molar-refractivity contribution in [1.82, 2.24) is 14.4 Å². The lowest BCUT2D eigenvalue weighted by atomic mass is 10.1. The quantitative estimate of drug-likeness (QED) is 0.560. The van der Waals surface area contributed by atoms with E-state index in [0.29, 0.717) is 18.7 Å². The van der Waals surface area contributed by atoms with Crippen molar-refractivity contribution in [2.75, 3.05) is 19.6 Å². The van der Waals surface area contributed by atoms with Gasteiger partial charge >= 0.3 is 0 Å². The maximum atomic E-state index is 13.2. The number of benzene rings is 1. The molecule has 1 aliphatic heterocycles. The Balaban J connectivity index is 1.49. The van der Waals surface area contributed by atoms with Gasteiger partial charge in [0, 0.05) is 37.3 Å². The molecule has 30 heavy (non-hydrogen) atoms. The first-order chi connectivity index (χ1) is 14.4. The number of thiophene rings is 1. The molecule has 1 aliphatic rings. The van der Waals surface area contributed by atoms with Crippen LogP contribution in [0.2, 0.25) is 0 Å². The molecule has 0 spiro atoms. The molecule has 3 aromatic rings. The van der Waals surface area contributed by atoms with Gasteiger partial charge in [-0.05, 0) is 31.2 Å². The summed E-state index contributed by atoms with van der Waals surface area (Å²) < 4.78 is 32.5. The van der Waals surface area contributed by atoms with Crippen molar-refractivity contribution in [2.24, 2.45) is 0 Å². The first kappa shape index (κ1) is 20.5. The number of amides is 1. The molecular formula is C20H19N3O5S2. The first-order valence-electron chi connectivity index (χ1n) is 9.29. The fourth-order valence-corrected chi connectivity index (χ4v) is 6.40. The van der Waals surface area contributed by atoms with Crippen LogP contribution in [0.3, 0.4) is 0 Å². The number of sulfonamides is 1. The molecule has 0 aliphatic carbocycles. The van der Waals surface area contributed by atoms with Crippen molar-refractivity contribution in [1.29, 1.82) is 0 Å². The zero-order valence-corrected chi connectivity index (χ0v) is 17.7. The Morgan fingerprint density at radius 3 is 2.53 bits per heavy atom. The van der Waals surface area contributed by atoms with Gasteiger partial charge in [-0.1, -0.05) is 23.4 Å². The van der Waals surface area contributed by atoms with Gasteiger partial charge in [-0.25, -0.2) is 8.42 Å². The van der Waals surface area contributed by atoms with Gasteiger partial charge in [0.05, 0.1) is 4.88 Å². The molecule has 1 amide bonds. The number of carbonyl (C=O) groups excluding carboxylic acids is 2. The van der Waals surface area contributed by atoms with E-state index in [4.69, 9.17) is 0 Å². The monoisotopic (exact) mass is 445 g/mol. The summed E-state index contributed by atoms with van der Waals surface area (Å²) in [7, 11) is -3.79. The average molecular weight is 446 g/mol. The van der Waals surface area contributed by atoms with Crippen LogP contribution in [0.15, 0.2) is 63.5 Å². The van der Waals surface area contributed by atoms with Crippen molar-refractivity contribution >= 4 is 33.1 Å². The lowest BCUT2D eigenvalue weighted by Gasteiger charge is -2.38. The van der Waals surface area contributed by atoms with Crippen molar-refractivity contribution in [2.45, 2.75) is 17.2 Å². The van der Waals surface area contributed by atoms with Crippen molar-refractivity contribution in [3.8, 4) is 0 Å². The lowest BCUT2D eigenvalue weighted by molar-refractivity contribution is 0.0642. The Kier molecular flexibility index (Phi) is 5.54. The number of carbonyl (C=O) groups is 2. The number of nitrogens with zero attached hydrogens (tertiary/aromatic N) is 3. The molecule has 1 atom stereocenters. The van der Waals surface area contributed by atoms with Gasteiger partial charge in [0.1, 0.15) is 10.5 Å². The predicted molar refractivity (Wildman–Crippen MR) is 110 cm³/mol. The van der Waals surface area contributed by atoms with Crippen molar-refractivity contribution in [3.63, 3.8) is 0 Å². The lowest BCUT2D eigenvalue weighted by Crippen LogP contribution is -2.55. The van der Waals surface area contributed by atoms with Crippen LogP contribution in [0, 0.1) is 0 Å². The van der Waals surface area contributed by atoms with E-state index in [1.165, 1.54) is 28.8 Å². The summed E-state index contributed by atoms with van der Waals surface area (Å²) >= 11 is 0.904. The van der Waals surface area contributed by atoms with Crippen LogP contribution >= 0.6 is 11.3 Å². The standard InChI is InChI=1S/C20H19N3O5S2/c1-14-13-22(20(25)15-5-3-2-4-6-15)10-11-23(14)30(26,27)18-8-7-17(29-18)19(24)16-9-12-28-21-16/h2-9,12,14H,10-11,13H2,1H3. The maximum Gasteiger partial charge on any atom is 0.253 e. The first-order valence-corrected chi connectivity index (χ1v) is 11.5. The van der Waals surface area contributed by atoms with E-state index in [0.717, 1.165) is 11.3 Å². The van der Waals surface area contributed by atoms with E-state index >= 15 is 0 Å². The molecule has 0 saturated carbocycles. The second-order valence-electron chi connectivity index (χ2n) is 6.91. The van der Waals surface area contributed by atoms with Gasteiger partial charge in [0.25, 0.3) is 15.9 Å². The molecule has 2 aromatic heterocycles. The smallest absolute Gasteiger partial charge is 0.253 e. The van der Waals surface area contributed by atoms with Crippen LogP contribution in [-0.2, 0) is 10.0 Å². The molecule has 10 heteroatoms. The van der Waals surface area contributed by atoms with Gasteiger partial charge in [-0.3, -0.25) is 9.59 Å². The number of hydrogen-bond donors (Lipinski definition) is 0. The van der Waals surface area contributed by atoms with Gasteiger partial charge in [-0.15, -0.1) is 11.3 Å². The molecule has 0 radical (unpaired) electrons. The van der Waals surface area contributed by atoms with Crippen LogP contribution < -0.4 is 0 Å². The number of ketones is 1. The highest BCUT2D eigenvalue weighted by molar-refractivity contribution is 7.91. The summed E-state index contributed by atoms with van der Waals surface area (Å²) in [6.07, 6.45) is 1.29. The molecule has 156 valence electrons. The van der Waals surface area contributed by atoms with E-state index < -0.39 is 16.1 Å². The van der Waals surface area contributed by atoms with Gasteiger partial charge in [-0.2, -0.15) is 4.31 Å². The third-order valence-corrected chi connectivity index (χ3v) is 8.48. The topological polar surface area (TPSA) is 101 Å². The zero-order valence-electron chi connectivity index (χ0n) is 16.1. The van der Waals surface area contributed by atoms with Gasteiger partial charge < -0.3 is 9.42 Å². The minimum atomic E-state index is -3.79. The molecule has 3 heterocycles. The Bertz CT molecular complexity index is 1160. The van der Waals surface area contributed by atoms with E-state index in [2.05, 4.69) is 9.68 Å². The summed E-state index contributed by atoms with van der Waals surface area (Å²) in [6, 6.07) is 12.9. The Morgan fingerprint density at radius 2 is 1.87 bits per heavy atom. The van der Waals surface area contributed by atoms with Crippen LogP contribution in [0.25, 0.3) is 0 Å². The van der Waals surface area contributed by atoms with Gasteiger partial charge in [0.2, 0.25) is 5.78 Å². The highest BCUT2D eigenvalue weighted by atomic mass is 32.2. The highest BCUT2D eigenvalue weighted by Crippen LogP contribution is 2.29. The molecule has 1 saturated heterocycles. The summed E-state index contributed by atoms with van der Waals surface area (Å²) in [5.41, 5.74) is 0.706. The van der Waals surface area contributed by atoms with Crippen molar-refractivity contribution < 1.29 is 22.5 Å². The van der Waals surface area contributed by atoms with E-state index in [1.807, 2.05) is 6.07 Å². The number of hydrogen-bond acceptors (Lipinski definition) is 7. The second-order valence-corrected chi connectivity index (χ2v) is 10.1. The molecule has 1 aromatic carbocycles. The third-order valence-electron chi connectivity index (χ3n) is 4.91. The Morgan fingerprint density at radius 1 is 1.10 bits per heavy atom. The average Bonchev–Trinajstić information content (AvgIpc) is 3.45. The molecule has 1 unspecified atom stereocenters. The normalized spacial score (nSPS) is 17.8. The van der Waals surface area contributed by atoms with Gasteiger partial charge in [0.15, 0.2) is 5.69 Å². The Hall–Kier alpha value is -2.82. The van der Waals surface area contributed by atoms with Crippen LogP contribution in [-0.4, -0.2) is 60.1 Å². The van der Waals surface area contributed by atoms with Crippen LogP contribution in [0.1, 0.15) is 32.6 Å². The molecule has 8 nitrogen and oxygen atoms in total. The number of piperazine rings is 1. The molecule has 0 bridgehead atoms. The summed E-state index contributed by atoms with van der Waals surface area (Å²) in [4.78, 5) is 27.0. The van der Waals surface area contributed by atoms with E-state index in [1.54, 1.807) is 36.1 Å². The zero-order chi connectivity index (χ0) is 21.3. The van der Waals surface area contributed by atoms with Crippen LogP contribution in [0.4, 0.5) is 0 Å². The largest absolute Gasteiger partial charge is 0.364 e. The van der Waals surface area contributed by atoms with E-state index in [9.17, 15) is 18.0 Å². The third kappa shape index (κ3) is 3.81. The minimum absolute atomic E-state index is 0.0871. The minimum Gasteiger partial charge on any atom is -0.364 e. The number of aromatic nitrogens is 1. The van der Waals surface area contributed by atoms with E-state index in [-0.39, 0.29) is 33.0 Å². The Labute approximate surface area is 177 Å². The summed E-state index contributed by atoms with van der Waals surface area (Å²) in [5.74, 6) is -0.502. The molecule has 4 rings (SSSR count). The molecular weight excluding hydrogens is 426 g/mol. The van der Waals surface area contributed by atoms with Crippen molar-refractivity contribution in [3.05, 3.63) is 70.9 Å². The fourth-order valence-electron chi connectivity index (χ4n) is 3.40. The molecule has 0 N–H and O–H groups in total. The predicted octanol–water partition coefficient (Wildman–Crippen LogP) is 2.50. The van der Waals surface area contributed by atoms with Crippen LogP contribution in [0.5, 0.6) is 0 Å². The summed E-state index contributed by atoms with van der Waals surface area (Å²) in [6.45, 7) is 2.56. The second kappa shape index (κ2) is 8.13. The molecule has 1 fully saturated rings. The maximum absolute atomic E-state index is 13.2. The fraction of sp³-hybridized carbons (Fsp3) is 0.250. The number of rotatable bonds is 5. The highest BCUT2D eigenvalue weighted by Gasteiger charge is 2.36. The SMILES string of the molecule is CC1CN(C(=O)c2ccccc2)CCN1S(=O)(=O)c1ccc(C(=O)c2ccon2)s1.